The fourth-order valence-electron chi connectivity index (χ4n) is 4.19. The van der Waals surface area contributed by atoms with Crippen LogP contribution in [0.15, 0.2) is 73.1 Å². The molecule has 0 bridgehead atoms. The summed E-state index contributed by atoms with van der Waals surface area (Å²) in [6.07, 6.45) is 8.86. The van der Waals surface area contributed by atoms with E-state index in [2.05, 4.69) is 104 Å². The van der Waals surface area contributed by atoms with Crippen LogP contribution in [0.3, 0.4) is 0 Å². The second-order valence-corrected chi connectivity index (χ2v) is 7.60. The number of benzene rings is 2. The van der Waals surface area contributed by atoms with Gasteiger partial charge in [0, 0.05) is 5.41 Å². The lowest BCUT2D eigenvalue weighted by Gasteiger charge is -2.36. The molecule has 1 N–H and O–H groups in total. The molecule has 0 aliphatic heterocycles. The topological polar surface area (TPSA) is 19.7 Å². The second kappa shape index (κ2) is 8.35. The Bertz CT molecular complexity index is 791. The van der Waals surface area contributed by atoms with Gasteiger partial charge in [-0.05, 0) is 24.0 Å². The summed E-state index contributed by atoms with van der Waals surface area (Å²) in [5.41, 5.74) is 2.84. The maximum atomic E-state index is 3.54. The summed E-state index contributed by atoms with van der Waals surface area (Å²) >= 11 is 0. The van der Waals surface area contributed by atoms with Crippen LogP contribution in [0.2, 0.25) is 0 Å². The molecule has 0 radical (unpaired) electrons. The summed E-state index contributed by atoms with van der Waals surface area (Å²) in [5.74, 6) is 1.76. The van der Waals surface area contributed by atoms with Gasteiger partial charge >= 0.3 is 0 Å². The summed E-state index contributed by atoms with van der Waals surface area (Å²) in [7, 11) is 2.15. The molecule has 2 nitrogen and oxygen atoms in total. The lowest BCUT2D eigenvalue weighted by atomic mass is 9.66. The first kappa shape index (κ1) is 18.4. The Morgan fingerprint density at radius 3 is 2.23 bits per heavy atom. The maximum Gasteiger partial charge on any atom is 0.258 e. The number of rotatable bonds is 8. The second-order valence-electron chi connectivity index (χ2n) is 7.60. The van der Waals surface area contributed by atoms with E-state index in [1.807, 2.05) is 0 Å². The normalized spacial score (nSPS) is 14.7. The molecule has 3 rings (SSSR count). The molecular formula is C24H31N2+. The number of aromatic nitrogens is 2. The van der Waals surface area contributed by atoms with Gasteiger partial charge in [-0.25, -0.2) is 9.55 Å². The molecule has 1 heterocycles. The van der Waals surface area contributed by atoms with E-state index in [1.54, 1.807) is 0 Å². The first-order valence-corrected chi connectivity index (χ1v) is 9.77. The van der Waals surface area contributed by atoms with Crippen LogP contribution in [0.1, 0.15) is 56.0 Å². The van der Waals surface area contributed by atoms with Gasteiger partial charge < -0.3 is 0 Å². The molecule has 0 aliphatic carbocycles. The van der Waals surface area contributed by atoms with Gasteiger partial charge in [-0.1, -0.05) is 87.4 Å². The minimum atomic E-state index is 0.0282. The van der Waals surface area contributed by atoms with Crippen molar-refractivity contribution in [3.63, 3.8) is 0 Å². The van der Waals surface area contributed by atoms with E-state index >= 15 is 0 Å². The summed E-state index contributed by atoms with van der Waals surface area (Å²) in [6.45, 7) is 4.72. The zero-order chi connectivity index (χ0) is 18.4. The van der Waals surface area contributed by atoms with Crippen LogP contribution in [0.4, 0.5) is 0 Å². The highest BCUT2D eigenvalue weighted by Crippen LogP contribution is 2.43. The summed E-state index contributed by atoms with van der Waals surface area (Å²) in [6, 6.07) is 22.0. The Hall–Kier alpha value is -2.35. The molecule has 26 heavy (non-hydrogen) atoms. The van der Waals surface area contributed by atoms with Crippen molar-refractivity contribution < 1.29 is 4.57 Å². The number of aromatic amines is 1. The first-order valence-electron chi connectivity index (χ1n) is 9.77. The lowest BCUT2D eigenvalue weighted by Crippen LogP contribution is -2.41. The van der Waals surface area contributed by atoms with Crippen molar-refractivity contribution in [3.05, 3.63) is 90.0 Å². The Kier molecular flexibility index (Phi) is 5.92. The van der Waals surface area contributed by atoms with Crippen LogP contribution < -0.4 is 4.57 Å². The van der Waals surface area contributed by atoms with E-state index in [1.165, 1.54) is 36.2 Å². The van der Waals surface area contributed by atoms with E-state index in [0.717, 1.165) is 6.42 Å². The molecule has 136 valence electrons. The van der Waals surface area contributed by atoms with Crippen LogP contribution in [0, 0.1) is 0 Å². The van der Waals surface area contributed by atoms with E-state index in [-0.39, 0.29) is 5.41 Å². The fraction of sp³-hybridized carbons (Fsp3) is 0.375. The van der Waals surface area contributed by atoms with Crippen molar-refractivity contribution >= 4 is 0 Å². The largest absolute Gasteiger partial charge is 0.258 e. The Morgan fingerprint density at radius 1 is 1.00 bits per heavy atom. The number of imidazole rings is 1. The highest BCUT2D eigenvalue weighted by atomic mass is 15.0. The van der Waals surface area contributed by atoms with Crippen molar-refractivity contribution in [3.8, 4) is 0 Å². The van der Waals surface area contributed by atoms with Gasteiger partial charge in [0.25, 0.3) is 5.82 Å². The highest BCUT2D eigenvalue weighted by molar-refractivity contribution is 5.32. The molecule has 0 aliphatic rings. The Labute approximate surface area is 157 Å². The third-order valence-electron chi connectivity index (χ3n) is 5.70. The van der Waals surface area contributed by atoms with Crippen molar-refractivity contribution in [2.45, 2.75) is 50.9 Å². The Morgan fingerprint density at radius 2 is 1.65 bits per heavy atom. The van der Waals surface area contributed by atoms with Gasteiger partial charge in [0.1, 0.15) is 12.4 Å². The fourth-order valence-corrected chi connectivity index (χ4v) is 4.19. The summed E-state index contributed by atoms with van der Waals surface area (Å²) < 4.78 is 2.26. The van der Waals surface area contributed by atoms with Crippen molar-refractivity contribution in [2.24, 2.45) is 7.05 Å². The quantitative estimate of drug-likeness (QED) is 0.533. The average Bonchev–Trinajstić information content (AvgIpc) is 3.09. The molecule has 0 spiro atoms. The number of unbranched alkanes of at least 4 members (excludes halogenated alkanes) is 1. The average molecular weight is 348 g/mol. The Balaban J connectivity index is 2.08. The molecule has 0 amide bonds. The molecule has 3 aromatic rings. The van der Waals surface area contributed by atoms with Crippen LogP contribution in [0.25, 0.3) is 0 Å². The third kappa shape index (κ3) is 3.90. The van der Waals surface area contributed by atoms with Crippen molar-refractivity contribution in [1.29, 1.82) is 0 Å². The molecule has 0 saturated heterocycles. The summed E-state index contributed by atoms with van der Waals surface area (Å²) in [5, 5.41) is 0. The molecule has 2 heteroatoms. The van der Waals surface area contributed by atoms with Crippen LogP contribution in [0.5, 0.6) is 0 Å². The molecule has 2 unspecified atom stereocenters. The minimum absolute atomic E-state index is 0.0282. The summed E-state index contributed by atoms with van der Waals surface area (Å²) in [4.78, 5) is 3.54. The van der Waals surface area contributed by atoms with Crippen LogP contribution >= 0.6 is 0 Å². The highest BCUT2D eigenvalue weighted by Gasteiger charge is 2.41. The van der Waals surface area contributed by atoms with Crippen LogP contribution in [-0.2, 0) is 18.9 Å². The van der Waals surface area contributed by atoms with Gasteiger partial charge in [-0.2, -0.15) is 0 Å². The molecular weight excluding hydrogens is 316 g/mol. The van der Waals surface area contributed by atoms with E-state index in [9.17, 15) is 0 Å². The molecule has 0 fully saturated rings. The van der Waals surface area contributed by atoms with Crippen LogP contribution in [-0.4, -0.2) is 4.98 Å². The molecule has 0 saturated carbocycles. The minimum Gasteiger partial charge on any atom is -0.247 e. The van der Waals surface area contributed by atoms with Gasteiger partial charge in [-0.15, -0.1) is 0 Å². The first-order chi connectivity index (χ1) is 12.6. The van der Waals surface area contributed by atoms with Crippen molar-refractivity contribution in [2.75, 3.05) is 0 Å². The zero-order valence-electron chi connectivity index (χ0n) is 16.3. The van der Waals surface area contributed by atoms with Gasteiger partial charge in [0.05, 0.1) is 13.0 Å². The number of hydrogen-bond acceptors (Lipinski definition) is 0. The number of H-pyrrole nitrogens is 1. The SMILES string of the molecule is CCCCC(c1[nH]cc[n+]1C)C(C)(Cc1ccccc1)c1ccccc1. The lowest BCUT2D eigenvalue weighted by molar-refractivity contribution is -0.679. The van der Waals surface area contributed by atoms with E-state index in [0.29, 0.717) is 5.92 Å². The third-order valence-corrected chi connectivity index (χ3v) is 5.70. The molecule has 2 aromatic carbocycles. The van der Waals surface area contributed by atoms with Crippen molar-refractivity contribution in [1.82, 2.24) is 4.98 Å². The predicted octanol–water partition coefficient (Wildman–Crippen LogP) is 5.31. The molecule has 1 aromatic heterocycles. The number of nitrogens with zero attached hydrogens (tertiary/aromatic N) is 1. The predicted molar refractivity (Wildman–Crippen MR) is 108 cm³/mol. The van der Waals surface area contributed by atoms with E-state index < -0.39 is 0 Å². The van der Waals surface area contributed by atoms with Gasteiger partial charge in [0.2, 0.25) is 0 Å². The number of nitrogens with one attached hydrogen (secondary N) is 1. The standard InChI is InChI=1S/C24H30N2/c1-4-5-16-22(23-25-17-18-26(23)3)24(2,21-14-10-7-11-15-21)19-20-12-8-6-9-13-20/h6-15,17-18,22H,4-5,16,19H2,1-3H3/p+1. The van der Waals surface area contributed by atoms with Gasteiger partial charge in [0.15, 0.2) is 0 Å². The zero-order valence-corrected chi connectivity index (χ0v) is 16.3. The molecule has 2 atom stereocenters. The van der Waals surface area contributed by atoms with E-state index in [4.69, 9.17) is 0 Å². The monoisotopic (exact) mass is 347 g/mol. The number of aryl methyl sites for hydroxylation is 1. The number of hydrogen-bond donors (Lipinski definition) is 1. The maximum absolute atomic E-state index is 3.54. The smallest absolute Gasteiger partial charge is 0.247 e. The van der Waals surface area contributed by atoms with Gasteiger partial charge in [-0.3, -0.25) is 0 Å².